The average molecular weight is 452 g/mol. The number of ketones is 1. The number of fused-ring (bicyclic) bond motifs is 1. The second kappa shape index (κ2) is 9.09. The first kappa shape index (κ1) is 21.8. The van der Waals surface area contributed by atoms with Crippen LogP contribution in [0.25, 0.3) is 11.3 Å². The van der Waals surface area contributed by atoms with Gasteiger partial charge in [-0.05, 0) is 43.0 Å². The number of Topliss-reactive ketones (excluding diaryl/α,β-unsaturated/α-hetero) is 1. The van der Waals surface area contributed by atoms with Crippen LogP contribution in [0, 0.1) is 11.8 Å². The van der Waals surface area contributed by atoms with E-state index in [0.29, 0.717) is 12.3 Å². The highest BCUT2D eigenvalue weighted by molar-refractivity contribution is 5.98. The van der Waals surface area contributed by atoms with Gasteiger partial charge in [-0.3, -0.25) is 19.4 Å². The Morgan fingerprint density at radius 2 is 1.88 bits per heavy atom. The zero-order valence-electron chi connectivity index (χ0n) is 18.7. The Morgan fingerprint density at radius 3 is 2.64 bits per heavy atom. The lowest BCUT2D eigenvalue weighted by molar-refractivity contribution is -0.139. The lowest BCUT2D eigenvalue weighted by Crippen LogP contribution is -2.55. The highest BCUT2D eigenvalue weighted by Gasteiger charge is 2.52. The standard InChI is InChI=1S/C25H29N3O5/c1-15-13-28(22-18(29)14-32-23(15)22)25(31)21(17-5-3-2-4-6-17)27-24(30)20-8-7-19(33-20)16-9-11-26-12-10-16/h7-12,15,17,21-23H,2-6,13-14H2,1H3,(H,27,30)/t15-,21-,22+,23+/m0/s1. The minimum atomic E-state index is -0.688. The van der Waals surface area contributed by atoms with Crippen molar-refractivity contribution < 1.29 is 23.5 Å². The van der Waals surface area contributed by atoms with Crippen LogP contribution < -0.4 is 5.32 Å². The molecule has 0 bridgehead atoms. The van der Waals surface area contributed by atoms with Crippen LogP contribution in [0.2, 0.25) is 0 Å². The number of likely N-dealkylation sites (tertiary alicyclic amines) is 1. The zero-order valence-corrected chi connectivity index (χ0v) is 18.7. The molecular formula is C25H29N3O5. The van der Waals surface area contributed by atoms with Crippen molar-refractivity contribution in [2.24, 2.45) is 11.8 Å². The Hall–Kier alpha value is -3.00. The highest BCUT2D eigenvalue weighted by Crippen LogP contribution is 2.34. The maximum absolute atomic E-state index is 13.7. The number of pyridine rings is 1. The molecule has 1 N–H and O–H groups in total. The summed E-state index contributed by atoms with van der Waals surface area (Å²) in [4.78, 5) is 45.0. The summed E-state index contributed by atoms with van der Waals surface area (Å²) in [6, 6.07) is 5.74. The molecule has 2 aliphatic heterocycles. The van der Waals surface area contributed by atoms with Crippen LogP contribution in [0.3, 0.4) is 0 Å². The van der Waals surface area contributed by atoms with E-state index >= 15 is 0 Å². The van der Waals surface area contributed by atoms with E-state index in [-0.39, 0.29) is 42.0 Å². The number of carbonyl (C=O) groups is 3. The van der Waals surface area contributed by atoms with Gasteiger partial charge in [0.1, 0.15) is 24.5 Å². The number of hydrogen-bond acceptors (Lipinski definition) is 6. The molecule has 0 aromatic carbocycles. The van der Waals surface area contributed by atoms with E-state index in [9.17, 15) is 14.4 Å². The second-order valence-electron chi connectivity index (χ2n) is 9.40. The van der Waals surface area contributed by atoms with Crippen LogP contribution in [0.1, 0.15) is 49.6 Å². The van der Waals surface area contributed by atoms with Crippen molar-refractivity contribution in [1.82, 2.24) is 15.2 Å². The normalized spacial score (nSPS) is 26.3. The van der Waals surface area contributed by atoms with E-state index in [0.717, 1.165) is 37.7 Å². The Bertz CT molecular complexity index is 1030. The monoisotopic (exact) mass is 451 g/mol. The van der Waals surface area contributed by atoms with Crippen LogP contribution in [0.4, 0.5) is 0 Å². The van der Waals surface area contributed by atoms with Crippen molar-refractivity contribution >= 4 is 17.6 Å². The molecule has 5 rings (SSSR count). The minimum Gasteiger partial charge on any atom is -0.451 e. The van der Waals surface area contributed by atoms with Crippen molar-refractivity contribution in [2.45, 2.75) is 57.2 Å². The van der Waals surface area contributed by atoms with Crippen molar-refractivity contribution in [1.29, 1.82) is 0 Å². The third-order valence-electron chi connectivity index (χ3n) is 7.19. The van der Waals surface area contributed by atoms with Gasteiger partial charge in [-0.1, -0.05) is 26.2 Å². The summed E-state index contributed by atoms with van der Waals surface area (Å²) in [6.45, 7) is 2.52. The first-order valence-electron chi connectivity index (χ1n) is 11.8. The number of furan rings is 1. The van der Waals surface area contributed by atoms with Gasteiger partial charge < -0.3 is 19.4 Å². The van der Waals surface area contributed by atoms with Crippen molar-refractivity contribution in [3.8, 4) is 11.3 Å². The first-order valence-corrected chi connectivity index (χ1v) is 11.8. The number of amides is 2. The van der Waals surface area contributed by atoms with E-state index in [1.165, 1.54) is 0 Å². The van der Waals surface area contributed by atoms with Crippen molar-refractivity contribution in [3.05, 3.63) is 42.4 Å². The van der Waals surface area contributed by atoms with E-state index < -0.39 is 18.0 Å². The molecule has 1 aliphatic carbocycles. The predicted octanol–water partition coefficient (Wildman–Crippen LogP) is 2.84. The van der Waals surface area contributed by atoms with Crippen LogP contribution in [0.5, 0.6) is 0 Å². The smallest absolute Gasteiger partial charge is 0.287 e. The fourth-order valence-electron chi connectivity index (χ4n) is 5.49. The number of hydrogen-bond donors (Lipinski definition) is 1. The molecule has 4 atom stereocenters. The summed E-state index contributed by atoms with van der Waals surface area (Å²) in [5.74, 6) is 0.180. The van der Waals surface area contributed by atoms with Gasteiger partial charge in [0.25, 0.3) is 5.91 Å². The van der Waals surface area contributed by atoms with Gasteiger partial charge in [-0.15, -0.1) is 0 Å². The first-order chi connectivity index (χ1) is 16.0. The van der Waals surface area contributed by atoms with Gasteiger partial charge in [0.2, 0.25) is 5.91 Å². The maximum atomic E-state index is 13.7. The fourth-order valence-corrected chi connectivity index (χ4v) is 5.49. The number of ether oxygens (including phenoxy) is 1. The fraction of sp³-hybridized carbons (Fsp3) is 0.520. The Labute approximate surface area is 192 Å². The van der Waals surface area contributed by atoms with Gasteiger partial charge in [-0.25, -0.2) is 0 Å². The van der Waals surface area contributed by atoms with Gasteiger partial charge in [-0.2, -0.15) is 0 Å². The average Bonchev–Trinajstić information content (AvgIpc) is 3.56. The Kier molecular flexibility index (Phi) is 6.01. The van der Waals surface area contributed by atoms with Crippen LogP contribution >= 0.6 is 0 Å². The molecule has 2 aromatic heterocycles. The third kappa shape index (κ3) is 4.19. The molecule has 33 heavy (non-hydrogen) atoms. The summed E-state index contributed by atoms with van der Waals surface area (Å²) in [7, 11) is 0. The molecule has 2 saturated heterocycles. The number of nitrogens with one attached hydrogen (secondary N) is 1. The molecule has 2 aromatic rings. The number of rotatable bonds is 5. The highest BCUT2D eigenvalue weighted by atomic mass is 16.5. The molecule has 0 unspecified atom stereocenters. The second-order valence-corrected chi connectivity index (χ2v) is 9.40. The van der Waals surface area contributed by atoms with Gasteiger partial charge in [0, 0.05) is 30.4 Å². The molecule has 8 nitrogen and oxygen atoms in total. The summed E-state index contributed by atoms with van der Waals surface area (Å²) in [5, 5.41) is 2.97. The van der Waals surface area contributed by atoms with Crippen LogP contribution in [-0.2, 0) is 14.3 Å². The molecule has 3 aliphatic rings. The summed E-state index contributed by atoms with van der Waals surface area (Å²) >= 11 is 0. The zero-order chi connectivity index (χ0) is 22.9. The molecule has 0 spiro atoms. The van der Waals surface area contributed by atoms with Gasteiger partial charge in [0.15, 0.2) is 11.5 Å². The predicted molar refractivity (Wildman–Crippen MR) is 119 cm³/mol. The van der Waals surface area contributed by atoms with Crippen LogP contribution in [0.15, 0.2) is 41.1 Å². The molecule has 174 valence electrons. The third-order valence-corrected chi connectivity index (χ3v) is 7.19. The van der Waals surface area contributed by atoms with Crippen LogP contribution in [-0.4, -0.2) is 58.8 Å². The number of carbonyl (C=O) groups excluding carboxylic acids is 3. The van der Waals surface area contributed by atoms with E-state index in [2.05, 4.69) is 10.3 Å². The summed E-state index contributed by atoms with van der Waals surface area (Å²) in [5.41, 5.74) is 0.820. The lowest BCUT2D eigenvalue weighted by Gasteiger charge is -2.34. The molecule has 0 radical (unpaired) electrons. The Morgan fingerprint density at radius 1 is 1.12 bits per heavy atom. The maximum Gasteiger partial charge on any atom is 0.287 e. The number of nitrogens with zero attached hydrogens (tertiary/aromatic N) is 2. The minimum absolute atomic E-state index is 0.0385. The molecule has 3 fully saturated rings. The molecule has 1 saturated carbocycles. The van der Waals surface area contributed by atoms with E-state index in [4.69, 9.17) is 9.15 Å². The van der Waals surface area contributed by atoms with Gasteiger partial charge in [0.05, 0.1) is 6.10 Å². The molecule has 4 heterocycles. The quantitative estimate of drug-likeness (QED) is 0.750. The summed E-state index contributed by atoms with van der Waals surface area (Å²) < 4.78 is 11.4. The SMILES string of the molecule is C[C@H]1CN(C(=O)[C@@H](NC(=O)c2ccc(-c3ccncc3)o2)C2CCCCC2)[C@@H]2C(=O)CO[C@@H]21. The van der Waals surface area contributed by atoms with Gasteiger partial charge >= 0.3 is 0 Å². The molecule has 2 amide bonds. The molecule has 8 heteroatoms. The van der Waals surface area contributed by atoms with Crippen molar-refractivity contribution in [3.63, 3.8) is 0 Å². The Balaban J connectivity index is 1.37. The van der Waals surface area contributed by atoms with E-state index in [1.54, 1.807) is 41.6 Å². The number of aromatic nitrogens is 1. The lowest BCUT2D eigenvalue weighted by atomic mass is 9.83. The van der Waals surface area contributed by atoms with E-state index in [1.807, 2.05) is 6.92 Å². The largest absolute Gasteiger partial charge is 0.451 e. The van der Waals surface area contributed by atoms with Crippen molar-refractivity contribution in [2.75, 3.05) is 13.2 Å². The topological polar surface area (TPSA) is 102 Å². The molecular weight excluding hydrogens is 422 g/mol. The summed E-state index contributed by atoms with van der Waals surface area (Å²) in [6.07, 6.45) is 8.01.